The van der Waals surface area contributed by atoms with Crippen molar-refractivity contribution in [3.8, 4) is 0 Å². The molecule has 92 valence electrons. The van der Waals surface area contributed by atoms with Crippen LogP contribution in [0.25, 0.3) is 0 Å². The van der Waals surface area contributed by atoms with Crippen LogP contribution in [0.1, 0.15) is 37.7 Å². The second-order valence-corrected chi connectivity index (χ2v) is 5.92. The maximum atomic E-state index is 10.5. The average molecular weight is 250 g/mol. The lowest BCUT2D eigenvalue weighted by Gasteiger charge is -2.10. The number of aliphatic carboxylic acids is 1. The lowest BCUT2D eigenvalue weighted by molar-refractivity contribution is -0.133. The van der Waals surface area contributed by atoms with Crippen molar-refractivity contribution in [1.82, 2.24) is 0 Å². The van der Waals surface area contributed by atoms with Crippen LogP contribution in [0.2, 0.25) is 0 Å². The van der Waals surface area contributed by atoms with Crippen molar-refractivity contribution in [2.24, 2.45) is 5.92 Å². The molecule has 0 amide bonds. The van der Waals surface area contributed by atoms with Gasteiger partial charge in [0.05, 0.1) is 5.75 Å². The van der Waals surface area contributed by atoms with Crippen LogP contribution in [0.3, 0.4) is 0 Å². The SMILES string of the molecule is C[C@H]1CC[C@@H](c2ccc(SCC(=O)O)cc2)C1. The van der Waals surface area contributed by atoms with Gasteiger partial charge in [-0.3, -0.25) is 4.79 Å². The molecule has 2 atom stereocenters. The molecule has 1 N–H and O–H groups in total. The normalized spacial score (nSPS) is 23.8. The summed E-state index contributed by atoms with van der Waals surface area (Å²) in [6, 6.07) is 8.41. The van der Waals surface area contributed by atoms with Crippen LogP contribution in [0.5, 0.6) is 0 Å². The van der Waals surface area contributed by atoms with Gasteiger partial charge in [0.15, 0.2) is 0 Å². The second kappa shape index (κ2) is 5.58. The number of carboxylic acid groups (broad SMARTS) is 1. The number of carbonyl (C=O) groups is 1. The topological polar surface area (TPSA) is 37.3 Å². The summed E-state index contributed by atoms with van der Waals surface area (Å²) in [5, 5.41) is 8.61. The highest BCUT2D eigenvalue weighted by molar-refractivity contribution is 8.00. The molecule has 3 heteroatoms. The maximum absolute atomic E-state index is 10.5. The van der Waals surface area contributed by atoms with Gasteiger partial charge in [0.2, 0.25) is 0 Å². The Hall–Kier alpha value is -0.960. The molecule has 0 spiro atoms. The lowest BCUT2D eigenvalue weighted by atomic mass is 9.97. The van der Waals surface area contributed by atoms with E-state index in [2.05, 4.69) is 19.1 Å². The molecule has 0 aromatic heterocycles. The van der Waals surface area contributed by atoms with Gasteiger partial charge < -0.3 is 5.11 Å². The Labute approximate surface area is 106 Å². The summed E-state index contributed by atoms with van der Waals surface area (Å²) in [5.41, 5.74) is 1.41. The van der Waals surface area contributed by atoms with Crippen LogP contribution in [0.4, 0.5) is 0 Å². The summed E-state index contributed by atoms with van der Waals surface area (Å²) in [6.07, 6.45) is 3.92. The molecular weight excluding hydrogens is 232 g/mol. The van der Waals surface area contributed by atoms with E-state index in [4.69, 9.17) is 5.11 Å². The van der Waals surface area contributed by atoms with E-state index < -0.39 is 5.97 Å². The fourth-order valence-corrected chi connectivity index (χ4v) is 3.11. The molecule has 17 heavy (non-hydrogen) atoms. The van der Waals surface area contributed by atoms with E-state index in [-0.39, 0.29) is 5.75 Å². The predicted molar refractivity (Wildman–Crippen MR) is 70.6 cm³/mol. The molecule has 0 aliphatic heterocycles. The van der Waals surface area contributed by atoms with Gasteiger partial charge in [-0.2, -0.15) is 0 Å². The number of hydrogen-bond donors (Lipinski definition) is 1. The molecule has 2 rings (SSSR count). The Balaban J connectivity index is 1.95. The van der Waals surface area contributed by atoms with E-state index in [1.54, 1.807) is 0 Å². The predicted octanol–water partition coefficient (Wildman–Crippen LogP) is 3.77. The molecule has 1 fully saturated rings. The summed E-state index contributed by atoms with van der Waals surface area (Å²) in [5.74, 6) is 0.938. The van der Waals surface area contributed by atoms with Crippen molar-refractivity contribution < 1.29 is 9.90 Å². The number of rotatable bonds is 4. The Bertz CT molecular complexity index is 386. The van der Waals surface area contributed by atoms with Gasteiger partial charge in [-0.15, -0.1) is 11.8 Å². The van der Waals surface area contributed by atoms with Crippen LogP contribution in [0.15, 0.2) is 29.2 Å². The minimum atomic E-state index is -0.760. The van der Waals surface area contributed by atoms with E-state index in [0.717, 1.165) is 10.8 Å². The summed E-state index contributed by atoms with van der Waals surface area (Å²) in [7, 11) is 0. The molecule has 0 unspecified atom stereocenters. The first-order valence-electron chi connectivity index (χ1n) is 6.09. The van der Waals surface area contributed by atoms with Gasteiger partial charge in [0, 0.05) is 4.90 Å². The van der Waals surface area contributed by atoms with E-state index in [1.165, 1.54) is 36.6 Å². The number of thioether (sulfide) groups is 1. The largest absolute Gasteiger partial charge is 0.481 e. The van der Waals surface area contributed by atoms with E-state index >= 15 is 0 Å². The lowest BCUT2D eigenvalue weighted by Crippen LogP contribution is -1.97. The summed E-state index contributed by atoms with van der Waals surface area (Å²) in [4.78, 5) is 11.5. The zero-order valence-electron chi connectivity index (χ0n) is 10.1. The molecule has 1 saturated carbocycles. The van der Waals surface area contributed by atoms with Gasteiger partial charge in [0.1, 0.15) is 0 Å². The van der Waals surface area contributed by atoms with Gasteiger partial charge in [-0.1, -0.05) is 25.5 Å². The molecule has 0 bridgehead atoms. The third-order valence-electron chi connectivity index (χ3n) is 3.41. The zero-order valence-corrected chi connectivity index (χ0v) is 10.9. The molecular formula is C14H18O2S. The zero-order chi connectivity index (χ0) is 12.3. The molecule has 0 heterocycles. The van der Waals surface area contributed by atoms with Crippen molar-refractivity contribution in [3.63, 3.8) is 0 Å². The summed E-state index contributed by atoms with van der Waals surface area (Å²) < 4.78 is 0. The Morgan fingerprint density at radius 3 is 2.59 bits per heavy atom. The minimum Gasteiger partial charge on any atom is -0.481 e. The number of hydrogen-bond acceptors (Lipinski definition) is 2. The van der Waals surface area contributed by atoms with E-state index in [0.29, 0.717) is 5.92 Å². The number of carboxylic acids is 1. The second-order valence-electron chi connectivity index (χ2n) is 4.87. The smallest absolute Gasteiger partial charge is 0.313 e. The van der Waals surface area contributed by atoms with Crippen molar-refractivity contribution in [1.29, 1.82) is 0 Å². The standard InChI is InChI=1S/C14H18O2S/c1-10-2-3-12(8-10)11-4-6-13(7-5-11)17-9-14(15)16/h4-7,10,12H,2-3,8-9H2,1H3,(H,15,16)/t10-,12+/m0/s1. The first-order chi connectivity index (χ1) is 8.15. The molecule has 0 saturated heterocycles. The van der Waals surface area contributed by atoms with E-state index in [9.17, 15) is 4.79 Å². The summed E-state index contributed by atoms with van der Waals surface area (Å²) in [6.45, 7) is 2.32. The third-order valence-corrected chi connectivity index (χ3v) is 4.41. The van der Waals surface area contributed by atoms with Crippen LogP contribution in [0, 0.1) is 5.92 Å². The van der Waals surface area contributed by atoms with Crippen molar-refractivity contribution in [2.75, 3.05) is 5.75 Å². The average Bonchev–Trinajstić information content (AvgIpc) is 2.74. The van der Waals surface area contributed by atoms with Crippen molar-refractivity contribution in [2.45, 2.75) is 37.0 Å². The Kier molecular flexibility index (Phi) is 4.11. The quantitative estimate of drug-likeness (QED) is 0.827. The highest BCUT2D eigenvalue weighted by atomic mass is 32.2. The molecule has 1 aliphatic rings. The van der Waals surface area contributed by atoms with Crippen LogP contribution in [-0.4, -0.2) is 16.8 Å². The number of benzene rings is 1. The first kappa shape index (κ1) is 12.5. The third kappa shape index (κ3) is 3.50. The molecule has 1 aromatic carbocycles. The van der Waals surface area contributed by atoms with E-state index in [1.807, 2.05) is 12.1 Å². The fraction of sp³-hybridized carbons (Fsp3) is 0.500. The van der Waals surface area contributed by atoms with Crippen molar-refractivity contribution in [3.05, 3.63) is 29.8 Å². The first-order valence-corrected chi connectivity index (χ1v) is 7.08. The van der Waals surface area contributed by atoms with Gasteiger partial charge in [0.25, 0.3) is 0 Å². The van der Waals surface area contributed by atoms with Crippen LogP contribution < -0.4 is 0 Å². The molecule has 2 nitrogen and oxygen atoms in total. The van der Waals surface area contributed by atoms with Gasteiger partial charge in [-0.25, -0.2) is 0 Å². The van der Waals surface area contributed by atoms with Crippen molar-refractivity contribution >= 4 is 17.7 Å². The highest BCUT2D eigenvalue weighted by Crippen LogP contribution is 2.38. The molecule has 1 aliphatic carbocycles. The Morgan fingerprint density at radius 2 is 2.06 bits per heavy atom. The molecule has 0 radical (unpaired) electrons. The maximum Gasteiger partial charge on any atom is 0.313 e. The minimum absolute atomic E-state index is 0.139. The van der Waals surface area contributed by atoms with Gasteiger partial charge >= 0.3 is 5.97 Å². The Morgan fingerprint density at radius 1 is 1.35 bits per heavy atom. The molecule has 1 aromatic rings. The highest BCUT2D eigenvalue weighted by Gasteiger charge is 2.22. The van der Waals surface area contributed by atoms with Crippen LogP contribution in [-0.2, 0) is 4.79 Å². The monoisotopic (exact) mass is 250 g/mol. The summed E-state index contributed by atoms with van der Waals surface area (Å²) >= 11 is 1.38. The van der Waals surface area contributed by atoms with Crippen LogP contribution >= 0.6 is 11.8 Å². The van der Waals surface area contributed by atoms with Gasteiger partial charge in [-0.05, 0) is 42.4 Å². The fourth-order valence-electron chi connectivity index (χ4n) is 2.49.